The molecular formula is C29H24O3S. The summed E-state index contributed by atoms with van der Waals surface area (Å²) in [6, 6.07) is 33.2. The number of Topliss-reactive ketones (excluding diaryl/α,β-unsaturated/α-hetero) is 1. The summed E-state index contributed by atoms with van der Waals surface area (Å²) in [5, 5.41) is -0.965. The minimum atomic E-state index is -3.83. The van der Waals surface area contributed by atoms with E-state index >= 15 is 0 Å². The van der Waals surface area contributed by atoms with Crippen LogP contribution in [-0.2, 0) is 9.84 Å². The molecule has 0 saturated carbocycles. The summed E-state index contributed by atoms with van der Waals surface area (Å²) in [5.41, 5.74) is 4.08. The second-order valence-corrected chi connectivity index (χ2v) is 10.6. The zero-order valence-corrected chi connectivity index (χ0v) is 19.1. The van der Waals surface area contributed by atoms with Crippen LogP contribution in [-0.4, -0.2) is 14.2 Å². The van der Waals surface area contributed by atoms with Crippen LogP contribution in [0, 0.1) is 12.8 Å². The summed E-state index contributed by atoms with van der Waals surface area (Å²) in [5.74, 6) is -1.27. The number of sulfone groups is 1. The third-order valence-corrected chi connectivity index (χ3v) is 8.64. The normalized spacial score (nSPS) is 19.7. The molecule has 164 valence electrons. The monoisotopic (exact) mass is 452 g/mol. The lowest BCUT2D eigenvalue weighted by molar-refractivity contribution is 0.0911. The van der Waals surface area contributed by atoms with Crippen LogP contribution < -0.4 is 0 Å². The van der Waals surface area contributed by atoms with Crippen molar-refractivity contribution < 1.29 is 13.2 Å². The van der Waals surface area contributed by atoms with Crippen LogP contribution in [0.25, 0.3) is 0 Å². The first kappa shape index (κ1) is 21.4. The number of hydrogen-bond donors (Lipinski definition) is 0. The van der Waals surface area contributed by atoms with E-state index in [0.29, 0.717) is 5.56 Å². The topological polar surface area (TPSA) is 51.2 Å². The molecule has 0 heterocycles. The maximum absolute atomic E-state index is 14.1. The predicted octanol–water partition coefficient (Wildman–Crippen LogP) is 6.15. The van der Waals surface area contributed by atoms with Crippen molar-refractivity contribution in [1.29, 1.82) is 0 Å². The average Bonchev–Trinajstić information content (AvgIpc) is 3.20. The van der Waals surface area contributed by atoms with E-state index in [1.54, 1.807) is 42.5 Å². The summed E-state index contributed by atoms with van der Waals surface area (Å²) < 4.78 is 28.2. The maximum Gasteiger partial charge on any atom is 0.186 e. The van der Waals surface area contributed by atoms with Gasteiger partial charge in [-0.2, -0.15) is 0 Å². The van der Waals surface area contributed by atoms with Crippen LogP contribution in [0.5, 0.6) is 0 Å². The molecule has 0 bridgehead atoms. The Kier molecular flexibility index (Phi) is 5.47. The molecule has 4 heteroatoms. The van der Waals surface area contributed by atoms with E-state index in [1.807, 2.05) is 73.7 Å². The molecule has 3 atom stereocenters. The third-order valence-electron chi connectivity index (χ3n) is 6.49. The lowest BCUT2D eigenvalue weighted by Gasteiger charge is -2.25. The van der Waals surface area contributed by atoms with E-state index in [4.69, 9.17) is 0 Å². The summed E-state index contributed by atoms with van der Waals surface area (Å²) in [7, 11) is -3.83. The Morgan fingerprint density at radius 2 is 1.27 bits per heavy atom. The molecule has 1 aliphatic carbocycles. The molecule has 0 radical (unpaired) electrons. The van der Waals surface area contributed by atoms with Crippen molar-refractivity contribution in [2.45, 2.75) is 23.0 Å². The number of rotatable bonds is 5. The summed E-state index contributed by atoms with van der Waals surface area (Å²) in [6.07, 6.45) is 0. The molecule has 4 aromatic rings. The zero-order chi connectivity index (χ0) is 23.0. The van der Waals surface area contributed by atoms with Gasteiger partial charge in [0.05, 0.1) is 10.8 Å². The van der Waals surface area contributed by atoms with Gasteiger partial charge in [0.25, 0.3) is 0 Å². The quantitative estimate of drug-likeness (QED) is 0.341. The second-order valence-electron chi connectivity index (χ2n) is 8.56. The van der Waals surface area contributed by atoms with Crippen LogP contribution in [0.15, 0.2) is 114 Å². The number of benzene rings is 4. The number of carbonyl (C=O) groups excluding carboxylic acids is 1. The van der Waals surface area contributed by atoms with Gasteiger partial charge in [-0.05, 0) is 35.7 Å². The van der Waals surface area contributed by atoms with Crippen LogP contribution in [0.4, 0.5) is 0 Å². The van der Waals surface area contributed by atoms with Crippen molar-refractivity contribution in [2.75, 3.05) is 0 Å². The molecule has 3 nitrogen and oxygen atoms in total. The minimum absolute atomic E-state index is 0.150. The molecule has 0 saturated heterocycles. The Balaban J connectivity index is 1.78. The molecule has 0 aliphatic heterocycles. The fourth-order valence-electron chi connectivity index (χ4n) is 5.03. The van der Waals surface area contributed by atoms with Gasteiger partial charge in [-0.25, -0.2) is 8.42 Å². The first-order valence-corrected chi connectivity index (χ1v) is 12.6. The van der Waals surface area contributed by atoms with E-state index in [-0.39, 0.29) is 16.6 Å². The molecule has 0 unspecified atom stereocenters. The lowest BCUT2D eigenvalue weighted by Crippen LogP contribution is -2.28. The van der Waals surface area contributed by atoms with Crippen molar-refractivity contribution >= 4 is 15.6 Å². The first-order chi connectivity index (χ1) is 16.0. The molecule has 1 aliphatic rings. The Labute approximate surface area is 194 Å². The van der Waals surface area contributed by atoms with Crippen molar-refractivity contribution in [3.05, 3.63) is 137 Å². The first-order valence-electron chi connectivity index (χ1n) is 11.0. The van der Waals surface area contributed by atoms with Gasteiger partial charge in [-0.3, -0.25) is 4.79 Å². The van der Waals surface area contributed by atoms with Crippen LogP contribution >= 0.6 is 0 Å². The number of ketones is 1. The molecule has 4 aromatic carbocycles. The van der Waals surface area contributed by atoms with Gasteiger partial charge in [0.2, 0.25) is 0 Å². The van der Waals surface area contributed by atoms with E-state index in [2.05, 4.69) is 0 Å². The van der Waals surface area contributed by atoms with E-state index in [1.165, 1.54) is 0 Å². The highest BCUT2D eigenvalue weighted by atomic mass is 32.2. The zero-order valence-electron chi connectivity index (χ0n) is 18.3. The number of aryl methyl sites for hydroxylation is 1. The standard InChI is InChI=1S/C29H24O3S/c1-20-17-18-24-25(19-20)29(33(31,32)23-15-9-4-10-16-23)27(26(24)21-11-5-2-6-12-21)28(30)22-13-7-3-8-14-22/h2-19,26-27,29H,1H3/t26-,27-,29+/m1/s1. The van der Waals surface area contributed by atoms with Crippen molar-refractivity contribution in [3.8, 4) is 0 Å². The highest BCUT2D eigenvalue weighted by Crippen LogP contribution is 2.54. The van der Waals surface area contributed by atoms with Crippen LogP contribution in [0.3, 0.4) is 0 Å². The molecule has 5 rings (SSSR count). The van der Waals surface area contributed by atoms with Gasteiger partial charge in [0.15, 0.2) is 15.6 Å². The van der Waals surface area contributed by atoms with E-state index < -0.39 is 21.0 Å². The number of fused-ring (bicyclic) bond motifs is 1. The van der Waals surface area contributed by atoms with Gasteiger partial charge in [0.1, 0.15) is 5.25 Å². The fraction of sp³-hybridized carbons (Fsp3) is 0.138. The number of hydrogen-bond acceptors (Lipinski definition) is 3. The number of carbonyl (C=O) groups is 1. The molecular weight excluding hydrogens is 428 g/mol. The Hall–Kier alpha value is -3.50. The van der Waals surface area contributed by atoms with Gasteiger partial charge in [0, 0.05) is 11.5 Å². The SMILES string of the molecule is Cc1ccc2c(c1)[C@H](S(=O)(=O)c1ccccc1)[C@@H](C(=O)c1ccccc1)[C@@H]2c1ccccc1. The molecule has 0 fully saturated rings. The molecule has 0 amide bonds. The Morgan fingerprint density at radius 1 is 0.697 bits per heavy atom. The molecule has 33 heavy (non-hydrogen) atoms. The van der Waals surface area contributed by atoms with Crippen molar-refractivity contribution in [2.24, 2.45) is 5.92 Å². The van der Waals surface area contributed by atoms with Gasteiger partial charge >= 0.3 is 0 Å². The van der Waals surface area contributed by atoms with Crippen LogP contribution in [0.1, 0.15) is 43.8 Å². The van der Waals surface area contributed by atoms with Crippen molar-refractivity contribution in [1.82, 2.24) is 0 Å². The fourth-order valence-corrected chi connectivity index (χ4v) is 7.07. The van der Waals surface area contributed by atoms with Gasteiger partial charge in [-0.1, -0.05) is 103 Å². The smallest absolute Gasteiger partial charge is 0.186 e. The third kappa shape index (κ3) is 3.70. The van der Waals surface area contributed by atoms with Crippen molar-refractivity contribution in [3.63, 3.8) is 0 Å². The summed E-state index contributed by atoms with van der Waals surface area (Å²) in [4.78, 5) is 14.2. The minimum Gasteiger partial charge on any atom is -0.294 e. The van der Waals surface area contributed by atoms with Crippen LogP contribution in [0.2, 0.25) is 0 Å². The van der Waals surface area contributed by atoms with E-state index in [0.717, 1.165) is 22.3 Å². The highest BCUT2D eigenvalue weighted by Gasteiger charge is 2.51. The molecule has 0 N–H and O–H groups in total. The maximum atomic E-state index is 14.1. The summed E-state index contributed by atoms with van der Waals surface area (Å²) >= 11 is 0. The lowest BCUT2D eigenvalue weighted by atomic mass is 9.81. The molecule has 0 spiro atoms. The molecule has 0 aromatic heterocycles. The second kappa shape index (κ2) is 8.45. The van der Waals surface area contributed by atoms with Gasteiger partial charge < -0.3 is 0 Å². The van der Waals surface area contributed by atoms with E-state index in [9.17, 15) is 13.2 Å². The Bertz CT molecular complexity index is 1400. The largest absolute Gasteiger partial charge is 0.294 e. The summed E-state index contributed by atoms with van der Waals surface area (Å²) in [6.45, 7) is 1.95. The Morgan fingerprint density at radius 3 is 1.91 bits per heavy atom. The van der Waals surface area contributed by atoms with Gasteiger partial charge in [-0.15, -0.1) is 0 Å². The average molecular weight is 453 g/mol. The predicted molar refractivity (Wildman–Crippen MR) is 130 cm³/mol. The highest BCUT2D eigenvalue weighted by molar-refractivity contribution is 7.91.